The van der Waals surface area contributed by atoms with Crippen molar-refractivity contribution in [3.8, 4) is 0 Å². The number of hydrogen-bond donors (Lipinski definition) is 3. The van der Waals surface area contributed by atoms with Crippen molar-refractivity contribution in [3.63, 3.8) is 0 Å². The molecule has 0 heterocycles. The molecular formula is C11H20N2O3S. The van der Waals surface area contributed by atoms with Gasteiger partial charge >= 0.3 is 6.09 Å². The van der Waals surface area contributed by atoms with Crippen molar-refractivity contribution in [3.05, 3.63) is 0 Å². The number of carbonyl (C=O) groups is 1. The molecule has 0 atom stereocenters. The van der Waals surface area contributed by atoms with E-state index >= 15 is 0 Å². The van der Waals surface area contributed by atoms with Crippen LogP contribution in [-0.2, 0) is 4.74 Å². The number of nitrogens with one attached hydrogen (secondary N) is 2. The van der Waals surface area contributed by atoms with Gasteiger partial charge in [0.15, 0.2) is 5.11 Å². The molecule has 0 unspecified atom stereocenters. The van der Waals surface area contributed by atoms with Gasteiger partial charge in [0.1, 0.15) is 5.60 Å². The van der Waals surface area contributed by atoms with Gasteiger partial charge in [0.2, 0.25) is 0 Å². The Hall–Kier alpha value is -0.880. The molecule has 0 saturated heterocycles. The van der Waals surface area contributed by atoms with Crippen molar-refractivity contribution in [1.82, 2.24) is 10.6 Å². The van der Waals surface area contributed by atoms with E-state index in [-0.39, 0.29) is 11.2 Å². The van der Waals surface area contributed by atoms with E-state index in [0.717, 1.165) is 0 Å². The summed E-state index contributed by atoms with van der Waals surface area (Å²) in [5.41, 5.74) is -1.15. The average molecular weight is 260 g/mol. The fourth-order valence-electron chi connectivity index (χ4n) is 1.72. The van der Waals surface area contributed by atoms with Crippen LogP contribution in [0.15, 0.2) is 0 Å². The quantitative estimate of drug-likeness (QED) is 0.620. The summed E-state index contributed by atoms with van der Waals surface area (Å²) in [4.78, 5) is 11.4. The largest absolute Gasteiger partial charge is 0.444 e. The van der Waals surface area contributed by atoms with E-state index in [4.69, 9.17) is 17.0 Å². The Balaban J connectivity index is 2.24. The van der Waals surface area contributed by atoms with Crippen LogP contribution < -0.4 is 10.6 Å². The number of alkyl carbamates (subject to hydrolysis) is 1. The molecule has 5 nitrogen and oxygen atoms in total. The first kappa shape index (κ1) is 14.2. The Labute approximate surface area is 107 Å². The lowest BCUT2D eigenvalue weighted by Crippen LogP contribution is -2.56. The van der Waals surface area contributed by atoms with E-state index in [2.05, 4.69) is 10.6 Å². The van der Waals surface area contributed by atoms with E-state index in [1.165, 1.54) is 0 Å². The number of thiocarbonyl (C=S) groups is 1. The minimum Gasteiger partial charge on any atom is -0.444 e. The Morgan fingerprint density at radius 3 is 2.41 bits per heavy atom. The second kappa shape index (κ2) is 4.78. The smallest absolute Gasteiger partial charge is 0.413 e. The highest BCUT2D eigenvalue weighted by Gasteiger charge is 2.38. The molecule has 1 saturated carbocycles. The first-order chi connectivity index (χ1) is 7.57. The standard InChI is InChI=1S/C11H20N2O3S/c1-10(2,3)16-9(14)13-8(17)12-7-5-11(4,15)6-7/h7,15H,5-6H2,1-4H3,(H2,12,13,14,17). The van der Waals surface area contributed by atoms with Crippen LogP contribution in [0.1, 0.15) is 40.5 Å². The van der Waals surface area contributed by atoms with Gasteiger partial charge in [-0.3, -0.25) is 5.32 Å². The number of ether oxygens (including phenoxy) is 1. The van der Waals surface area contributed by atoms with Crippen molar-refractivity contribution in [2.75, 3.05) is 0 Å². The summed E-state index contributed by atoms with van der Waals surface area (Å²) in [6.45, 7) is 7.13. The number of hydrogen-bond acceptors (Lipinski definition) is 4. The zero-order chi connectivity index (χ0) is 13.3. The maximum Gasteiger partial charge on any atom is 0.413 e. The predicted molar refractivity (Wildman–Crippen MR) is 68.7 cm³/mol. The van der Waals surface area contributed by atoms with Crippen LogP contribution in [0.3, 0.4) is 0 Å². The Morgan fingerprint density at radius 1 is 1.47 bits per heavy atom. The van der Waals surface area contributed by atoms with Crippen LogP contribution >= 0.6 is 12.2 Å². The van der Waals surface area contributed by atoms with Gasteiger partial charge in [-0.15, -0.1) is 0 Å². The third kappa shape index (κ3) is 5.32. The molecule has 0 aromatic rings. The van der Waals surface area contributed by atoms with Gasteiger partial charge in [-0.05, 0) is 52.8 Å². The molecule has 1 aliphatic rings. The molecule has 17 heavy (non-hydrogen) atoms. The summed E-state index contributed by atoms with van der Waals surface area (Å²) in [6.07, 6.45) is 0.688. The topological polar surface area (TPSA) is 70.6 Å². The molecule has 0 aromatic carbocycles. The van der Waals surface area contributed by atoms with Gasteiger partial charge in [-0.1, -0.05) is 0 Å². The monoisotopic (exact) mass is 260 g/mol. The lowest BCUT2D eigenvalue weighted by atomic mass is 9.77. The van der Waals surface area contributed by atoms with E-state index in [0.29, 0.717) is 12.8 Å². The molecular weight excluding hydrogens is 240 g/mol. The molecule has 0 radical (unpaired) electrons. The summed E-state index contributed by atoms with van der Waals surface area (Å²) >= 11 is 4.97. The van der Waals surface area contributed by atoms with Crippen molar-refractivity contribution in [1.29, 1.82) is 0 Å². The highest BCUT2D eigenvalue weighted by atomic mass is 32.1. The van der Waals surface area contributed by atoms with Crippen LogP contribution in [-0.4, -0.2) is 33.6 Å². The highest BCUT2D eigenvalue weighted by Crippen LogP contribution is 2.31. The van der Waals surface area contributed by atoms with Crippen LogP contribution in [0.4, 0.5) is 4.79 Å². The molecule has 0 bridgehead atoms. The zero-order valence-corrected chi connectivity index (χ0v) is 11.5. The lowest BCUT2D eigenvalue weighted by Gasteiger charge is -2.41. The summed E-state index contributed by atoms with van der Waals surface area (Å²) in [5, 5.41) is 15.2. The highest BCUT2D eigenvalue weighted by molar-refractivity contribution is 7.80. The summed E-state index contributed by atoms with van der Waals surface area (Å²) in [6, 6.07) is 0.118. The molecule has 0 aromatic heterocycles. The van der Waals surface area contributed by atoms with Crippen molar-refractivity contribution in [2.24, 2.45) is 0 Å². The first-order valence-corrected chi connectivity index (χ1v) is 6.01. The lowest BCUT2D eigenvalue weighted by molar-refractivity contribution is -0.0339. The Bertz CT molecular complexity index is 315. The molecule has 0 aliphatic heterocycles. The van der Waals surface area contributed by atoms with Crippen molar-refractivity contribution < 1.29 is 14.6 Å². The van der Waals surface area contributed by atoms with Crippen LogP contribution in [0, 0.1) is 0 Å². The van der Waals surface area contributed by atoms with Crippen LogP contribution in [0.2, 0.25) is 0 Å². The fraction of sp³-hybridized carbons (Fsp3) is 0.818. The first-order valence-electron chi connectivity index (χ1n) is 5.60. The number of rotatable bonds is 1. The molecule has 98 valence electrons. The minimum absolute atomic E-state index is 0.118. The van der Waals surface area contributed by atoms with Gasteiger partial charge in [0.05, 0.1) is 5.60 Å². The Kier molecular flexibility index (Phi) is 3.99. The molecule has 1 amide bonds. The van der Waals surface area contributed by atoms with Gasteiger partial charge in [0, 0.05) is 6.04 Å². The number of carbonyl (C=O) groups excluding carboxylic acids is 1. The van der Waals surface area contributed by atoms with E-state index < -0.39 is 17.3 Å². The molecule has 1 rings (SSSR count). The molecule has 6 heteroatoms. The van der Waals surface area contributed by atoms with Crippen molar-refractivity contribution >= 4 is 23.4 Å². The number of aliphatic hydroxyl groups is 1. The second-order valence-corrected chi connectivity index (χ2v) is 6.11. The maximum absolute atomic E-state index is 11.4. The van der Waals surface area contributed by atoms with Gasteiger partial charge in [-0.25, -0.2) is 4.79 Å². The van der Waals surface area contributed by atoms with E-state index in [1.54, 1.807) is 27.7 Å². The summed E-state index contributed by atoms with van der Waals surface area (Å²) in [7, 11) is 0. The Morgan fingerprint density at radius 2 is 2.00 bits per heavy atom. The molecule has 3 N–H and O–H groups in total. The SMILES string of the molecule is CC1(O)CC(NC(=S)NC(=O)OC(C)(C)C)C1. The summed E-state index contributed by atoms with van der Waals surface area (Å²) in [5.74, 6) is 0. The molecule has 1 aliphatic carbocycles. The summed E-state index contributed by atoms with van der Waals surface area (Å²) < 4.78 is 5.06. The third-order valence-electron chi connectivity index (χ3n) is 2.32. The molecule has 1 fully saturated rings. The van der Waals surface area contributed by atoms with Gasteiger partial charge < -0.3 is 15.2 Å². The fourth-order valence-corrected chi connectivity index (χ4v) is 1.97. The van der Waals surface area contributed by atoms with Crippen molar-refractivity contribution in [2.45, 2.75) is 57.8 Å². The normalized spacial score (nSPS) is 27.9. The second-order valence-electron chi connectivity index (χ2n) is 5.70. The minimum atomic E-state index is -0.612. The van der Waals surface area contributed by atoms with E-state index in [1.807, 2.05) is 0 Å². The van der Waals surface area contributed by atoms with E-state index in [9.17, 15) is 9.90 Å². The predicted octanol–water partition coefficient (Wildman–Crippen LogP) is 1.30. The van der Waals surface area contributed by atoms with Gasteiger partial charge in [-0.2, -0.15) is 0 Å². The zero-order valence-electron chi connectivity index (χ0n) is 10.7. The average Bonchev–Trinajstić information content (AvgIpc) is 1.94. The van der Waals surface area contributed by atoms with Crippen LogP contribution in [0.25, 0.3) is 0 Å². The maximum atomic E-state index is 11.4. The molecule has 0 spiro atoms. The van der Waals surface area contributed by atoms with Crippen LogP contribution in [0.5, 0.6) is 0 Å². The third-order valence-corrected chi connectivity index (χ3v) is 2.54. The number of amides is 1. The van der Waals surface area contributed by atoms with Gasteiger partial charge in [0.25, 0.3) is 0 Å².